The maximum atomic E-state index is 13.2. The van der Waals surface area contributed by atoms with Crippen LogP contribution >= 0.6 is 11.3 Å². The van der Waals surface area contributed by atoms with Gasteiger partial charge in [0.25, 0.3) is 10.0 Å². The maximum absolute atomic E-state index is 13.2. The fourth-order valence-electron chi connectivity index (χ4n) is 3.51. The largest absolute Gasteiger partial charge is 0.355 e. The molecule has 152 valence electrons. The molecule has 1 atom stereocenters. The molecule has 0 aliphatic carbocycles. The number of aromatic nitrogens is 2. The van der Waals surface area contributed by atoms with Crippen molar-refractivity contribution in [3.8, 4) is 0 Å². The van der Waals surface area contributed by atoms with E-state index in [0.29, 0.717) is 13.0 Å². The van der Waals surface area contributed by atoms with Crippen LogP contribution in [0, 0.1) is 0 Å². The topological polar surface area (TPSA) is 84.3 Å². The highest BCUT2D eigenvalue weighted by Crippen LogP contribution is 2.30. The van der Waals surface area contributed by atoms with Crippen molar-refractivity contribution >= 4 is 27.3 Å². The Morgan fingerprint density at radius 3 is 2.76 bits per heavy atom. The molecule has 0 bridgehead atoms. The van der Waals surface area contributed by atoms with E-state index in [9.17, 15) is 13.2 Å². The van der Waals surface area contributed by atoms with E-state index in [0.717, 1.165) is 24.1 Å². The second-order valence-corrected chi connectivity index (χ2v) is 9.98. The maximum Gasteiger partial charge on any atom is 0.253 e. The fourth-order valence-corrected chi connectivity index (χ4v) is 6.20. The van der Waals surface area contributed by atoms with Gasteiger partial charge < -0.3 is 9.88 Å². The normalized spacial score (nSPS) is 17.0. The lowest BCUT2D eigenvalue weighted by Crippen LogP contribution is -2.52. The number of sulfonamides is 1. The first-order valence-corrected chi connectivity index (χ1v) is 11.7. The highest BCUT2D eigenvalue weighted by atomic mass is 32.2. The average Bonchev–Trinajstić information content (AvgIpc) is 3.44. The van der Waals surface area contributed by atoms with Crippen molar-refractivity contribution in [1.82, 2.24) is 19.2 Å². The molecule has 0 unspecified atom stereocenters. The molecule has 4 rings (SSSR count). The molecule has 1 aromatic carbocycles. The third-order valence-electron chi connectivity index (χ3n) is 5.02. The first-order valence-electron chi connectivity index (χ1n) is 9.41. The van der Waals surface area contributed by atoms with E-state index in [1.165, 1.54) is 15.6 Å². The van der Waals surface area contributed by atoms with Crippen molar-refractivity contribution < 1.29 is 13.2 Å². The smallest absolute Gasteiger partial charge is 0.253 e. The van der Waals surface area contributed by atoms with Gasteiger partial charge >= 0.3 is 0 Å². The monoisotopic (exact) mass is 430 g/mol. The van der Waals surface area contributed by atoms with Gasteiger partial charge in [-0.1, -0.05) is 30.3 Å². The lowest BCUT2D eigenvalue weighted by Gasteiger charge is -2.34. The SMILES string of the molecule is O=C(NCCCn1ccnc1)[C@@H]1Cc2ccccc2CN1S(=O)(=O)c1cccs1. The lowest BCUT2D eigenvalue weighted by atomic mass is 9.95. The summed E-state index contributed by atoms with van der Waals surface area (Å²) < 4.78 is 29.9. The number of hydrogen-bond acceptors (Lipinski definition) is 5. The van der Waals surface area contributed by atoms with E-state index in [1.807, 2.05) is 35.0 Å². The van der Waals surface area contributed by atoms with Crippen molar-refractivity contribution in [2.24, 2.45) is 0 Å². The van der Waals surface area contributed by atoms with Gasteiger partial charge in [-0.3, -0.25) is 4.79 Å². The van der Waals surface area contributed by atoms with E-state index >= 15 is 0 Å². The van der Waals surface area contributed by atoms with Gasteiger partial charge in [0.1, 0.15) is 10.3 Å². The summed E-state index contributed by atoms with van der Waals surface area (Å²) in [6.07, 6.45) is 6.42. The van der Waals surface area contributed by atoms with E-state index in [1.54, 1.807) is 30.0 Å². The molecule has 2 aromatic heterocycles. The van der Waals surface area contributed by atoms with Gasteiger partial charge in [0.2, 0.25) is 5.91 Å². The van der Waals surface area contributed by atoms with Crippen LogP contribution in [0.1, 0.15) is 17.5 Å². The second kappa shape index (κ2) is 8.48. The summed E-state index contributed by atoms with van der Waals surface area (Å²) in [6.45, 7) is 1.41. The molecule has 3 aromatic rings. The summed E-state index contributed by atoms with van der Waals surface area (Å²) >= 11 is 1.17. The number of amides is 1. The first-order chi connectivity index (χ1) is 14.1. The number of aryl methyl sites for hydroxylation is 1. The minimum Gasteiger partial charge on any atom is -0.355 e. The van der Waals surface area contributed by atoms with Crippen LogP contribution in [0.3, 0.4) is 0 Å². The predicted octanol–water partition coefficient (Wildman–Crippen LogP) is 2.27. The van der Waals surface area contributed by atoms with Crippen molar-refractivity contribution in [1.29, 1.82) is 0 Å². The number of nitrogens with zero attached hydrogens (tertiary/aromatic N) is 3. The van der Waals surface area contributed by atoms with Crippen LogP contribution in [0.2, 0.25) is 0 Å². The minimum atomic E-state index is -3.74. The molecule has 0 saturated heterocycles. The van der Waals surface area contributed by atoms with Gasteiger partial charge in [-0.25, -0.2) is 13.4 Å². The summed E-state index contributed by atoms with van der Waals surface area (Å²) in [7, 11) is -3.74. The summed E-state index contributed by atoms with van der Waals surface area (Å²) in [5, 5.41) is 4.65. The quantitative estimate of drug-likeness (QED) is 0.583. The second-order valence-electron chi connectivity index (χ2n) is 6.92. The molecule has 29 heavy (non-hydrogen) atoms. The molecule has 9 heteroatoms. The molecule has 3 heterocycles. The van der Waals surface area contributed by atoms with E-state index in [2.05, 4.69) is 10.3 Å². The van der Waals surface area contributed by atoms with Gasteiger partial charge in [0.15, 0.2) is 0 Å². The molecule has 1 aliphatic rings. The highest BCUT2D eigenvalue weighted by Gasteiger charge is 2.39. The van der Waals surface area contributed by atoms with E-state index in [-0.39, 0.29) is 16.7 Å². The molecule has 1 amide bonds. The zero-order chi connectivity index (χ0) is 20.3. The number of nitrogens with one attached hydrogen (secondary N) is 1. The molecule has 0 fully saturated rings. The number of rotatable bonds is 7. The zero-order valence-corrected chi connectivity index (χ0v) is 17.4. The fraction of sp³-hybridized carbons (Fsp3) is 0.300. The van der Waals surface area contributed by atoms with Crippen molar-refractivity contribution in [3.63, 3.8) is 0 Å². The zero-order valence-electron chi connectivity index (χ0n) is 15.8. The molecule has 0 radical (unpaired) electrons. The third-order valence-corrected chi connectivity index (χ3v) is 8.25. The van der Waals surface area contributed by atoms with E-state index in [4.69, 9.17) is 0 Å². The summed E-state index contributed by atoms with van der Waals surface area (Å²) in [4.78, 5) is 17.0. The average molecular weight is 431 g/mol. The first kappa shape index (κ1) is 19.8. The minimum absolute atomic E-state index is 0.198. The van der Waals surface area contributed by atoms with Crippen LogP contribution in [0.4, 0.5) is 0 Å². The summed E-state index contributed by atoms with van der Waals surface area (Å²) in [6, 6.07) is 10.2. The Labute approximate surface area is 174 Å². The van der Waals surface area contributed by atoms with Crippen LogP contribution in [-0.2, 0) is 34.3 Å². The van der Waals surface area contributed by atoms with Crippen LogP contribution in [-0.4, -0.2) is 40.8 Å². The van der Waals surface area contributed by atoms with Gasteiger partial charge in [0.05, 0.1) is 6.33 Å². The Bertz CT molecular complexity index is 1060. The Kier molecular flexibility index (Phi) is 5.79. The number of hydrogen-bond donors (Lipinski definition) is 1. The highest BCUT2D eigenvalue weighted by molar-refractivity contribution is 7.91. The molecule has 0 saturated carbocycles. The van der Waals surface area contributed by atoms with Gasteiger partial charge in [-0.05, 0) is 35.4 Å². The van der Waals surface area contributed by atoms with Crippen molar-refractivity contribution in [2.45, 2.75) is 36.2 Å². The van der Waals surface area contributed by atoms with Crippen LogP contribution in [0.5, 0.6) is 0 Å². The molecular formula is C20H22N4O3S2. The third kappa shape index (κ3) is 4.26. The predicted molar refractivity (Wildman–Crippen MR) is 111 cm³/mol. The van der Waals surface area contributed by atoms with Crippen LogP contribution < -0.4 is 5.32 Å². The number of carbonyl (C=O) groups is 1. The number of benzene rings is 1. The Morgan fingerprint density at radius 2 is 2.03 bits per heavy atom. The lowest BCUT2D eigenvalue weighted by molar-refractivity contribution is -0.125. The van der Waals surface area contributed by atoms with Gasteiger partial charge in [-0.15, -0.1) is 11.3 Å². The molecular weight excluding hydrogens is 408 g/mol. The van der Waals surface area contributed by atoms with Gasteiger partial charge in [-0.2, -0.15) is 4.31 Å². The number of carbonyl (C=O) groups excluding carboxylic acids is 1. The standard InChI is InChI=1S/C20H22N4O3S2/c25-20(22-8-4-10-23-11-9-21-15-23)18-13-16-5-1-2-6-17(16)14-24(18)29(26,27)19-7-3-12-28-19/h1-3,5-7,9,11-12,15,18H,4,8,10,13-14H2,(H,22,25)/t18-/m0/s1. The molecule has 1 aliphatic heterocycles. The Balaban J connectivity index is 1.51. The van der Waals surface area contributed by atoms with Crippen LogP contribution in [0.15, 0.2) is 64.7 Å². The summed E-state index contributed by atoms with van der Waals surface area (Å²) in [5.74, 6) is -0.259. The number of fused-ring (bicyclic) bond motifs is 1. The molecule has 7 nitrogen and oxygen atoms in total. The van der Waals surface area contributed by atoms with Crippen molar-refractivity contribution in [3.05, 3.63) is 71.6 Å². The molecule has 1 N–H and O–H groups in total. The molecule has 0 spiro atoms. The number of thiophene rings is 1. The summed E-state index contributed by atoms with van der Waals surface area (Å²) in [5.41, 5.74) is 1.96. The van der Waals surface area contributed by atoms with E-state index < -0.39 is 16.1 Å². The van der Waals surface area contributed by atoms with Crippen LogP contribution in [0.25, 0.3) is 0 Å². The Morgan fingerprint density at radius 1 is 1.21 bits per heavy atom. The van der Waals surface area contributed by atoms with Gasteiger partial charge in [0, 0.05) is 32.0 Å². The van der Waals surface area contributed by atoms with Crippen molar-refractivity contribution in [2.75, 3.05) is 6.54 Å². The number of imidazole rings is 1. The Hall–Kier alpha value is -2.49.